The zero-order valence-electron chi connectivity index (χ0n) is 10.9. The van der Waals surface area contributed by atoms with Gasteiger partial charge in [0.15, 0.2) is 0 Å². The molecule has 0 aliphatic carbocycles. The number of nitrogens with one attached hydrogen (secondary N) is 2. The molecule has 104 valence electrons. The molecule has 0 bridgehead atoms. The van der Waals surface area contributed by atoms with E-state index in [4.69, 9.17) is 11.6 Å². The van der Waals surface area contributed by atoms with Gasteiger partial charge in [-0.3, -0.25) is 0 Å². The molecule has 2 aromatic rings. The Kier molecular flexibility index (Phi) is 5.04. The molecular weight excluding hydrogens is 340 g/mol. The standard InChI is InChI=1S/C15H14BrClN2O/c1-10-2-7-13(17)8-14(10)19-15(20)18-9-11-3-5-12(16)6-4-11/h2-8H,9H2,1H3,(H2,18,19,20). The topological polar surface area (TPSA) is 41.1 Å². The Labute approximate surface area is 131 Å². The quantitative estimate of drug-likeness (QED) is 0.822. The summed E-state index contributed by atoms with van der Waals surface area (Å²) in [6.07, 6.45) is 0. The van der Waals surface area contributed by atoms with Crippen molar-refractivity contribution in [3.63, 3.8) is 0 Å². The normalized spacial score (nSPS) is 10.2. The number of hydrogen-bond donors (Lipinski definition) is 2. The van der Waals surface area contributed by atoms with Crippen LogP contribution in [0.15, 0.2) is 46.9 Å². The molecule has 0 spiro atoms. The van der Waals surface area contributed by atoms with Gasteiger partial charge in [0.05, 0.1) is 0 Å². The summed E-state index contributed by atoms with van der Waals surface area (Å²) in [7, 11) is 0. The summed E-state index contributed by atoms with van der Waals surface area (Å²) in [5.41, 5.74) is 2.71. The predicted molar refractivity (Wildman–Crippen MR) is 86.2 cm³/mol. The molecule has 0 radical (unpaired) electrons. The number of aryl methyl sites for hydroxylation is 1. The highest BCUT2D eigenvalue weighted by atomic mass is 79.9. The largest absolute Gasteiger partial charge is 0.334 e. The number of benzene rings is 2. The number of carbonyl (C=O) groups is 1. The minimum atomic E-state index is -0.252. The Morgan fingerprint density at radius 1 is 1.20 bits per heavy atom. The number of amides is 2. The molecule has 2 rings (SSSR count). The van der Waals surface area contributed by atoms with Crippen LogP contribution in [0.4, 0.5) is 10.5 Å². The van der Waals surface area contributed by atoms with Crippen LogP contribution in [0.3, 0.4) is 0 Å². The Morgan fingerprint density at radius 2 is 1.90 bits per heavy atom. The lowest BCUT2D eigenvalue weighted by atomic mass is 10.2. The summed E-state index contributed by atoms with van der Waals surface area (Å²) in [6.45, 7) is 2.39. The third-order valence-corrected chi connectivity index (χ3v) is 3.58. The highest BCUT2D eigenvalue weighted by Crippen LogP contribution is 2.20. The minimum absolute atomic E-state index is 0.252. The lowest BCUT2D eigenvalue weighted by Crippen LogP contribution is -2.28. The van der Waals surface area contributed by atoms with E-state index in [1.165, 1.54) is 0 Å². The lowest BCUT2D eigenvalue weighted by Gasteiger charge is -2.10. The fraction of sp³-hybridized carbons (Fsp3) is 0.133. The molecule has 0 aromatic heterocycles. The van der Waals surface area contributed by atoms with Crippen molar-refractivity contribution in [3.8, 4) is 0 Å². The monoisotopic (exact) mass is 352 g/mol. The second-order valence-electron chi connectivity index (χ2n) is 4.39. The molecule has 0 heterocycles. The van der Waals surface area contributed by atoms with E-state index in [2.05, 4.69) is 26.6 Å². The highest BCUT2D eigenvalue weighted by molar-refractivity contribution is 9.10. The summed E-state index contributed by atoms with van der Waals surface area (Å²) in [5, 5.41) is 6.19. The molecule has 0 saturated carbocycles. The van der Waals surface area contributed by atoms with Gasteiger partial charge < -0.3 is 10.6 Å². The zero-order chi connectivity index (χ0) is 14.5. The average Bonchev–Trinajstić information content (AvgIpc) is 2.42. The highest BCUT2D eigenvalue weighted by Gasteiger charge is 2.05. The van der Waals surface area contributed by atoms with Gasteiger partial charge in [0.25, 0.3) is 0 Å². The third kappa shape index (κ3) is 4.25. The molecule has 2 aromatic carbocycles. The summed E-state index contributed by atoms with van der Waals surface area (Å²) in [6, 6.07) is 12.9. The first kappa shape index (κ1) is 14.9. The summed E-state index contributed by atoms with van der Waals surface area (Å²) in [5.74, 6) is 0. The molecule has 0 aliphatic rings. The smallest absolute Gasteiger partial charge is 0.319 e. The first-order valence-corrected chi connectivity index (χ1v) is 7.27. The number of hydrogen-bond acceptors (Lipinski definition) is 1. The van der Waals surface area contributed by atoms with Crippen molar-refractivity contribution in [3.05, 3.63) is 63.1 Å². The van der Waals surface area contributed by atoms with Crippen molar-refractivity contribution in [1.82, 2.24) is 5.32 Å². The molecule has 0 unspecified atom stereocenters. The molecule has 0 fully saturated rings. The van der Waals surface area contributed by atoms with Crippen molar-refractivity contribution in [2.45, 2.75) is 13.5 Å². The number of carbonyl (C=O) groups excluding carboxylic acids is 1. The number of rotatable bonds is 3. The van der Waals surface area contributed by atoms with Crippen LogP contribution in [0, 0.1) is 6.92 Å². The van der Waals surface area contributed by atoms with Crippen molar-refractivity contribution >= 4 is 39.2 Å². The van der Waals surface area contributed by atoms with Crippen LogP contribution in [-0.4, -0.2) is 6.03 Å². The lowest BCUT2D eigenvalue weighted by molar-refractivity contribution is 0.251. The van der Waals surface area contributed by atoms with Crippen LogP contribution in [0.5, 0.6) is 0 Å². The SMILES string of the molecule is Cc1ccc(Cl)cc1NC(=O)NCc1ccc(Br)cc1. The second-order valence-corrected chi connectivity index (χ2v) is 5.75. The van der Waals surface area contributed by atoms with E-state index in [1.807, 2.05) is 37.3 Å². The summed E-state index contributed by atoms with van der Waals surface area (Å²) >= 11 is 9.28. The fourth-order valence-corrected chi connectivity index (χ4v) is 2.12. The maximum absolute atomic E-state index is 11.8. The molecule has 0 atom stereocenters. The van der Waals surface area contributed by atoms with Crippen LogP contribution in [0.2, 0.25) is 5.02 Å². The molecule has 0 aliphatic heterocycles. The van der Waals surface area contributed by atoms with Crippen LogP contribution in [0.25, 0.3) is 0 Å². The van der Waals surface area contributed by atoms with Crippen LogP contribution in [0.1, 0.15) is 11.1 Å². The maximum Gasteiger partial charge on any atom is 0.319 e. The van der Waals surface area contributed by atoms with Crippen molar-refractivity contribution in [2.24, 2.45) is 0 Å². The van der Waals surface area contributed by atoms with Crippen molar-refractivity contribution in [1.29, 1.82) is 0 Å². The maximum atomic E-state index is 11.8. The minimum Gasteiger partial charge on any atom is -0.334 e. The number of urea groups is 1. The molecule has 5 heteroatoms. The van der Waals surface area contributed by atoms with E-state index in [0.717, 1.165) is 15.6 Å². The Hall–Kier alpha value is -1.52. The Bertz CT molecular complexity index is 614. The van der Waals surface area contributed by atoms with Crippen molar-refractivity contribution < 1.29 is 4.79 Å². The molecule has 2 amide bonds. The zero-order valence-corrected chi connectivity index (χ0v) is 13.3. The van der Waals surface area contributed by atoms with Gasteiger partial charge >= 0.3 is 6.03 Å². The Morgan fingerprint density at radius 3 is 2.60 bits per heavy atom. The van der Waals surface area contributed by atoms with Crippen LogP contribution >= 0.6 is 27.5 Å². The van der Waals surface area contributed by atoms with E-state index in [9.17, 15) is 4.79 Å². The molecule has 0 saturated heterocycles. The van der Waals surface area contributed by atoms with E-state index in [0.29, 0.717) is 17.3 Å². The van der Waals surface area contributed by atoms with E-state index >= 15 is 0 Å². The third-order valence-electron chi connectivity index (χ3n) is 2.81. The van der Waals surface area contributed by atoms with Crippen LogP contribution in [-0.2, 0) is 6.54 Å². The van der Waals surface area contributed by atoms with Crippen molar-refractivity contribution in [2.75, 3.05) is 5.32 Å². The van der Waals surface area contributed by atoms with Gasteiger partial charge in [-0.1, -0.05) is 45.7 Å². The van der Waals surface area contributed by atoms with Gasteiger partial charge in [-0.25, -0.2) is 4.79 Å². The van der Waals surface area contributed by atoms with Gasteiger partial charge in [-0.15, -0.1) is 0 Å². The first-order chi connectivity index (χ1) is 9.54. The predicted octanol–water partition coefficient (Wildman–Crippen LogP) is 4.73. The fourth-order valence-electron chi connectivity index (χ4n) is 1.68. The van der Waals surface area contributed by atoms with E-state index < -0.39 is 0 Å². The second kappa shape index (κ2) is 6.77. The average molecular weight is 354 g/mol. The summed E-state index contributed by atoms with van der Waals surface area (Å²) in [4.78, 5) is 11.8. The van der Waals surface area contributed by atoms with Gasteiger partial charge in [0, 0.05) is 21.7 Å². The van der Waals surface area contributed by atoms with Crippen LogP contribution < -0.4 is 10.6 Å². The van der Waals surface area contributed by atoms with Gasteiger partial charge in [0.2, 0.25) is 0 Å². The van der Waals surface area contributed by atoms with Gasteiger partial charge in [-0.05, 0) is 42.3 Å². The van der Waals surface area contributed by atoms with E-state index in [-0.39, 0.29) is 6.03 Å². The van der Waals surface area contributed by atoms with Gasteiger partial charge in [0.1, 0.15) is 0 Å². The summed E-state index contributed by atoms with van der Waals surface area (Å²) < 4.78 is 1.01. The Balaban J connectivity index is 1.92. The molecular formula is C15H14BrClN2O. The molecule has 3 nitrogen and oxygen atoms in total. The number of anilines is 1. The molecule has 2 N–H and O–H groups in total. The molecule has 20 heavy (non-hydrogen) atoms. The first-order valence-electron chi connectivity index (χ1n) is 6.10. The number of halogens is 2. The van der Waals surface area contributed by atoms with Gasteiger partial charge in [-0.2, -0.15) is 0 Å². The van der Waals surface area contributed by atoms with E-state index in [1.54, 1.807) is 12.1 Å².